The predicted octanol–water partition coefficient (Wildman–Crippen LogP) is 3.27. The quantitative estimate of drug-likeness (QED) is 0.793. The number of nitrogens with zero attached hydrogens (tertiary/aromatic N) is 1. The molecular weight excluding hydrogens is 208 g/mol. The fraction of sp³-hybridized carbons (Fsp3) is 1.00. The van der Waals surface area contributed by atoms with Crippen LogP contribution in [0.5, 0.6) is 0 Å². The van der Waals surface area contributed by atoms with Gasteiger partial charge in [-0.15, -0.1) is 0 Å². The van der Waals surface area contributed by atoms with E-state index in [2.05, 4.69) is 51.8 Å². The molecule has 1 aliphatic rings. The number of nitrogens with one attached hydrogen (secondary N) is 1. The molecule has 1 fully saturated rings. The Morgan fingerprint density at radius 1 is 1.18 bits per heavy atom. The van der Waals surface area contributed by atoms with Gasteiger partial charge >= 0.3 is 0 Å². The summed E-state index contributed by atoms with van der Waals surface area (Å²) >= 11 is 0. The van der Waals surface area contributed by atoms with Crippen LogP contribution < -0.4 is 5.32 Å². The number of likely N-dealkylation sites (tertiary alicyclic amines) is 1. The van der Waals surface area contributed by atoms with Crippen molar-refractivity contribution in [1.82, 2.24) is 10.2 Å². The molecule has 17 heavy (non-hydrogen) atoms. The Bertz CT molecular complexity index is 223. The lowest BCUT2D eigenvalue weighted by molar-refractivity contribution is -0.00850. The number of hydrogen-bond donors (Lipinski definition) is 1. The summed E-state index contributed by atoms with van der Waals surface area (Å²) in [4.78, 5) is 2.76. The minimum atomic E-state index is 0.394. The Morgan fingerprint density at radius 2 is 1.76 bits per heavy atom. The van der Waals surface area contributed by atoms with E-state index in [0.29, 0.717) is 17.6 Å². The SMILES string of the molecule is CCNC1CCN(C(C)(CC)CC)C(C)C1C. The van der Waals surface area contributed by atoms with Crippen molar-refractivity contribution >= 4 is 0 Å². The van der Waals surface area contributed by atoms with E-state index in [1.54, 1.807) is 0 Å². The lowest BCUT2D eigenvalue weighted by atomic mass is 9.81. The van der Waals surface area contributed by atoms with Crippen molar-refractivity contribution in [1.29, 1.82) is 0 Å². The smallest absolute Gasteiger partial charge is 0.0179 e. The van der Waals surface area contributed by atoms with Crippen molar-refractivity contribution in [2.45, 2.75) is 78.4 Å². The largest absolute Gasteiger partial charge is 0.314 e. The molecule has 0 spiro atoms. The second-order valence-electron chi connectivity index (χ2n) is 5.95. The van der Waals surface area contributed by atoms with Gasteiger partial charge in [-0.05, 0) is 45.6 Å². The normalized spacial score (nSPS) is 31.8. The van der Waals surface area contributed by atoms with Crippen LogP contribution in [0.15, 0.2) is 0 Å². The summed E-state index contributed by atoms with van der Waals surface area (Å²) < 4.78 is 0. The molecule has 1 rings (SSSR count). The molecule has 0 bridgehead atoms. The van der Waals surface area contributed by atoms with Crippen LogP contribution in [0.25, 0.3) is 0 Å². The van der Waals surface area contributed by atoms with Gasteiger partial charge in [0.2, 0.25) is 0 Å². The first-order chi connectivity index (χ1) is 8.00. The fourth-order valence-corrected chi connectivity index (χ4v) is 3.33. The molecule has 0 aromatic rings. The average molecular weight is 240 g/mol. The van der Waals surface area contributed by atoms with Gasteiger partial charge in [-0.25, -0.2) is 0 Å². The van der Waals surface area contributed by atoms with Crippen molar-refractivity contribution in [3.05, 3.63) is 0 Å². The molecule has 3 unspecified atom stereocenters. The van der Waals surface area contributed by atoms with Gasteiger partial charge < -0.3 is 5.32 Å². The maximum atomic E-state index is 3.65. The third-order valence-electron chi connectivity index (χ3n) is 5.25. The molecule has 2 nitrogen and oxygen atoms in total. The third-order valence-corrected chi connectivity index (χ3v) is 5.25. The minimum Gasteiger partial charge on any atom is -0.314 e. The highest BCUT2D eigenvalue weighted by Gasteiger charge is 2.39. The monoisotopic (exact) mass is 240 g/mol. The van der Waals surface area contributed by atoms with E-state index in [1.165, 1.54) is 25.8 Å². The van der Waals surface area contributed by atoms with Gasteiger partial charge in [0.15, 0.2) is 0 Å². The van der Waals surface area contributed by atoms with Crippen LogP contribution in [-0.2, 0) is 0 Å². The van der Waals surface area contributed by atoms with Crippen LogP contribution in [0.4, 0.5) is 0 Å². The molecule has 0 radical (unpaired) electrons. The first kappa shape index (κ1) is 15.0. The zero-order valence-corrected chi connectivity index (χ0v) is 12.7. The van der Waals surface area contributed by atoms with Crippen LogP contribution in [-0.4, -0.2) is 35.6 Å². The van der Waals surface area contributed by atoms with E-state index in [4.69, 9.17) is 0 Å². The minimum absolute atomic E-state index is 0.394. The summed E-state index contributed by atoms with van der Waals surface area (Å²) in [6.07, 6.45) is 3.81. The highest BCUT2D eigenvalue weighted by Crippen LogP contribution is 2.33. The lowest BCUT2D eigenvalue weighted by Crippen LogP contribution is -2.60. The molecule has 0 aromatic carbocycles. The van der Waals surface area contributed by atoms with E-state index in [9.17, 15) is 0 Å². The Labute approximate surface area is 108 Å². The molecular formula is C15H32N2. The maximum Gasteiger partial charge on any atom is 0.0179 e. The van der Waals surface area contributed by atoms with Gasteiger partial charge in [0.25, 0.3) is 0 Å². The fourth-order valence-electron chi connectivity index (χ4n) is 3.33. The van der Waals surface area contributed by atoms with Gasteiger partial charge in [-0.2, -0.15) is 0 Å². The van der Waals surface area contributed by atoms with E-state index < -0.39 is 0 Å². The van der Waals surface area contributed by atoms with Crippen molar-refractivity contribution in [3.63, 3.8) is 0 Å². The topological polar surface area (TPSA) is 15.3 Å². The molecule has 1 heterocycles. The summed E-state index contributed by atoms with van der Waals surface area (Å²) in [7, 11) is 0. The zero-order valence-electron chi connectivity index (χ0n) is 12.7. The van der Waals surface area contributed by atoms with Crippen LogP contribution in [0, 0.1) is 5.92 Å². The Balaban J connectivity index is 2.73. The lowest BCUT2D eigenvalue weighted by Gasteiger charge is -2.51. The van der Waals surface area contributed by atoms with Crippen LogP contribution in [0.3, 0.4) is 0 Å². The highest BCUT2D eigenvalue weighted by molar-refractivity contribution is 4.95. The van der Waals surface area contributed by atoms with Gasteiger partial charge in [0.1, 0.15) is 0 Å². The van der Waals surface area contributed by atoms with Gasteiger partial charge in [-0.3, -0.25) is 4.90 Å². The van der Waals surface area contributed by atoms with Crippen LogP contribution in [0.1, 0.15) is 60.8 Å². The Hall–Kier alpha value is -0.0800. The van der Waals surface area contributed by atoms with Crippen LogP contribution >= 0.6 is 0 Å². The highest BCUT2D eigenvalue weighted by atomic mass is 15.2. The van der Waals surface area contributed by atoms with Crippen molar-refractivity contribution in [2.75, 3.05) is 13.1 Å². The second-order valence-corrected chi connectivity index (χ2v) is 5.95. The van der Waals surface area contributed by atoms with E-state index >= 15 is 0 Å². The zero-order chi connectivity index (χ0) is 13.1. The maximum absolute atomic E-state index is 3.65. The van der Waals surface area contributed by atoms with Crippen molar-refractivity contribution in [3.8, 4) is 0 Å². The number of rotatable bonds is 5. The first-order valence-electron chi connectivity index (χ1n) is 7.50. The summed E-state index contributed by atoms with van der Waals surface area (Å²) in [5.74, 6) is 0.751. The molecule has 3 atom stereocenters. The van der Waals surface area contributed by atoms with Crippen molar-refractivity contribution in [2.24, 2.45) is 5.92 Å². The van der Waals surface area contributed by atoms with E-state index in [-0.39, 0.29) is 0 Å². The Morgan fingerprint density at radius 3 is 2.24 bits per heavy atom. The van der Waals surface area contributed by atoms with E-state index in [0.717, 1.165) is 12.5 Å². The van der Waals surface area contributed by atoms with Gasteiger partial charge in [0, 0.05) is 24.2 Å². The van der Waals surface area contributed by atoms with Crippen LogP contribution in [0.2, 0.25) is 0 Å². The number of piperidine rings is 1. The molecule has 1 saturated heterocycles. The van der Waals surface area contributed by atoms with Crippen molar-refractivity contribution < 1.29 is 0 Å². The average Bonchev–Trinajstić information content (AvgIpc) is 2.34. The van der Waals surface area contributed by atoms with Gasteiger partial charge in [0.05, 0.1) is 0 Å². The molecule has 0 saturated carbocycles. The standard InChI is InChI=1S/C15H32N2/c1-7-15(6,8-2)17-11-10-14(16-9-3)12(4)13(17)5/h12-14,16H,7-11H2,1-6H3. The number of hydrogen-bond acceptors (Lipinski definition) is 2. The predicted molar refractivity (Wildman–Crippen MR) is 76.4 cm³/mol. The van der Waals surface area contributed by atoms with E-state index in [1.807, 2.05) is 0 Å². The summed E-state index contributed by atoms with van der Waals surface area (Å²) in [6, 6.07) is 1.40. The molecule has 0 amide bonds. The first-order valence-corrected chi connectivity index (χ1v) is 7.50. The summed E-state index contributed by atoms with van der Waals surface area (Å²) in [5, 5.41) is 3.65. The molecule has 2 heteroatoms. The third kappa shape index (κ3) is 3.03. The Kier molecular flexibility index (Phi) is 5.46. The summed E-state index contributed by atoms with van der Waals surface area (Å²) in [5.41, 5.74) is 0.394. The molecule has 1 N–H and O–H groups in total. The second kappa shape index (κ2) is 6.19. The molecule has 1 aliphatic heterocycles. The molecule has 102 valence electrons. The molecule has 0 aliphatic carbocycles. The summed E-state index contributed by atoms with van der Waals surface area (Å²) in [6.45, 7) is 16.5. The molecule has 0 aromatic heterocycles. The van der Waals surface area contributed by atoms with Gasteiger partial charge in [-0.1, -0.05) is 27.7 Å².